The Labute approximate surface area is 112 Å². The summed E-state index contributed by atoms with van der Waals surface area (Å²) in [6, 6.07) is 6.23. The molecule has 1 aliphatic heterocycles. The van der Waals surface area contributed by atoms with E-state index in [1.165, 1.54) is 0 Å². The van der Waals surface area contributed by atoms with Gasteiger partial charge in [0.15, 0.2) is 0 Å². The van der Waals surface area contributed by atoms with Crippen LogP contribution in [0.4, 0.5) is 0 Å². The maximum atomic E-state index is 6.24. The highest BCUT2D eigenvalue weighted by atomic mass is 79.9. The summed E-state index contributed by atoms with van der Waals surface area (Å²) in [6.45, 7) is 4.44. The summed E-state index contributed by atoms with van der Waals surface area (Å²) in [5, 5.41) is 0. The molecule has 94 valence electrons. The van der Waals surface area contributed by atoms with Crippen molar-refractivity contribution in [2.75, 3.05) is 0 Å². The third-order valence-electron chi connectivity index (χ3n) is 3.71. The fourth-order valence-corrected chi connectivity index (χ4v) is 2.95. The van der Waals surface area contributed by atoms with Gasteiger partial charge in [-0.15, -0.1) is 0 Å². The summed E-state index contributed by atoms with van der Waals surface area (Å²) in [6.07, 6.45) is 3.50. The zero-order valence-corrected chi connectivity index (χ0v) is 12.0. The van der Waals surface area contributed by atoms with Crippen LogP contribution in [0.25, 0.3) is 0 Å². The molecule has 0 saturated heterocycles. The van der Waals surface area contributed by atoms with Crippen LogP contribution < -0.4 is 10.5 Å². The van der Waals surface area contributed by atoms with E-state index in [9.17, 15) is 0 Å². The molecule has 1 aliphatic rings. The van der Waals surface area contributed by atoms with E-state index in [4.69, 9.17) is 10.5 Å². The van der Waals surface area contributed by atoms with Crippen molar-refractivity contribution in [3.8, 4) is 5.75 Å². The zero-order chi connectivity index (χ0) is 12.4. The predicted octanol–water partition coefficient (Wildman–Crippen LogP) is 4.04. The van der Waals surface area contributed by atoms with Crippen molar-refractivity contribution in [3.05, 3.63) is 28.2 Å². The third-order valence-corrected chi connectivity index (χ3v) is 4.21. The van der Waals surface area contributed by atoms with E-state index >= 15 is 0 Å². The topological polar surface area (TPSA) is 35.2 Å². The van der Waals surface area contributed by atoms with Crippen LogP contribution in [-0.4, -0.2) is 6.10 Å². The number of fused-ring (bicyclic) bond motifs is 1. The molecule has 3 heteroatoms. The monoisotopic (exact) mass is 297 g/mol. The minimum Gasteiger partial charge on any atom is -0.490 e. The van der Waals surface area contributed by atoms with Gasteiger partial charge in [0.25, 0.3) is 0 Å². The third kappa shape index (κ3) is 2.66. The highest BCUT2D eigenvalue weighted by Crippen LogP contribution is 2.38. The van der Waals surface area contributed by atoms with Crippen molar-refractivity contribution in [1.29, 1.82) is 0 Å². The largest absolute Gasteiger partial charge is 0.490 e. The number of ether oxygens (including phenoxy) is 1. The van der Waals surface area contributed by atoms with Crippen LogP contribution >= 0.6 is 15.9 Å². The van der Waals surface area contributed by atoms with Gasteiger partial charge in [-0.2, -0.15) is 0 Å². The summed E-state index contributed by atoms with van der Waals surface area (Å²) < 4.78 is 7.17. The minimum atomic E-state index is 0.109. The first-order valence-corrected chi connectivity index (χ1v) is 7.16. The van der Waals surface area contributed by atoms with E-state index in [2.05, 4.69) is 35.8 Å². The van der Waals surface area contributed by atoms with Crippen LogP contribution in [0.3, 0.4) is 0 Å². The van der Waals surface area contributed by atoms with E-state index in [0.29, 0.717) is 5.92 Å². The SMILES string of the molecule is CCC(CC)C1CC(N)c2ccc(Br)cc2O1. The first kappa shape index (κ1) is 12.9. The fraction of sp³-hybridized carbons (Fsp3) is 0.571. The van der Waals surface area contributed by atoms with Crippen LogP contribution in [0, 0.1) is 5.92 Å². The minimum absolute atomic E-state index is 0.109. The quantitative estimate of drug-likeness (QED) is 0.914. The number of benzene rings is 1. The first-order valence-electron chi connectivity index (χ1n) is 6.37. The number of hydrogen-bond acceptors (Lipinski definition) is 2. The van der Waals surface area contributed by atoms with Crippen molar-refractivity contribution in [1.82, 2.24) is 0 Å². The second kappa shape index (κ2) is 5.40. The molecule has 0 amide bonds. The van der Waals surface area contributed by atoms with Gasteiger partial charge in [-0.05, 0) is 30.9 Å². The molecule has 2 atom stereocenters. The van der Waals surface area contributed by atoms with Crippen LogP contribution in [0.5, 0.6) is 5.75 Å². The smallest absolute Gasteiger partial charge is 0.125 e. The summed E-state index contributed by atoms with van der Waals surface area (Å²) in [7, 11) is 0. The van der Waals surface area contributed by atoms with Crippen molar-refractivity contribution in [2.45, 2.75) is 45.3 Å². The van der Waals surface area contributed by atoms with Gasteiger partial charge in [-0.25, -0.2) is 0 Å². The second-order valence-corrected chi connectivity index (χ2v) is 5.67. The van der Waals surface area contributed by atoms with Gasteiger partial charge in [0.2, 0.25) is 0 Å². The molecule has 0 aliphatic carbocycles. The van der Waals surface area contributed by atoms with E-state index in [0.717, 1.165) is 35.0 Å². The van der Waals surface area contributed by atoms with Gasteiger partial charge >= 0.3 is 0 Å². The Hall–Kier alpha value is -0.540. The molecule has 2 nitrogen and oxygen atoms in total. The standard InChI is InChI=1S/C14H20BrNO/c1-3-9(4-2)13-8-12(16)11-6-5-10(15)7-14(11)17-13/h5-7,9,12-13H,3-4,8,16H2,1-2H3. The summed E-state index contributed by atoms with van der Waals surface area (Å²) in [5.74, 6) is 1.56. The van der Waals surface area contributed by atoms with Crippen molar-refractivity contribution < 1.29 is 4.74 Å². The lowest BCUT2D eigenvalue weighted by atomic mass is 9.87. The average molecular weight is 298 g/mol. The van der Waals surface area contributed by atoms with Crippen LogP contribution in [0.2, 0.25) is 0 Å². The Bertz CT molecular complexity index is 390. The molecule has 0 radical (unpaired) electrons. The van der Waals surface area contributed by atoms with Crippen LogP contribution in [0.1, 0.15) is 44.7 Å². The lowest BCUT2D eigenvalue weighted by Crippen LogP contribution is -2.34. The van der Waals surface area contributed by atoms with Gasteiger partial charge in [0, 0.05) is 22.5 Å². The maximum absolute atomic E-state index is 6.24. The zero-order valence-electron chi connectivity index (χ0n) is 10.4. The normalized spacial score (nSPS) is 23.4. The lowest BCUT2D eigenvalue weighted by Gasteiger charge is -2.34. The van der Waals surface area contributed by atoms with Gasteiger partial charge in [0.1, 0.15) is 11.9 Å². The second-order valence-electron chi connectivity index (χ2n) is 4.76. The highest BCUT2D eigenvalue weighted by Gasteiger charge is 2.30. The summed E-state index contributed by atoms with van der Waals surface area (Å²) in [4.78, 5) is 0. The molecule has 0 bridgehead atoms. The Morgan fingerprint density at radius 2 is 2.12 bits per heavy atom. The number of nitrogens with two attached hydrogens (primary N) is 1. The van der Waals surface area contributed by atoms with Crippen LogP contribution in [-0.2, 0) is 0 Å². The molecule has 2 unspecified atom stereocenters. The van der Waals surface area contributed by atoms with Crippen molar-refractivity contribution >= 4 is 15.9 Å². The van der Waals surface area contributed by atoms with Gasteiger partial charge in [-0.3, -0.25) is 0 Å². The molecular formula is C14H20BrNO. The van der Waals surface area contributed by atoms with Gasteiger partial charge in [0.05, 0.1) is 0 Å². The molecule has 0 spiro atoms. The maximum Gasteiger partial charge on any atom is 0.125 e. The van der Waals surface area contributed by atoms with E-state index in [1.807, 2.05) is 12.1 Å². The van der Waals surface area contributed by atoms with E-state index in [1.54, 1.807) is 0 Å². The number of rotatable bonds is 3. The lowest BCUT2D eigenvalue weighted by molar-refractivity contribution is 0.0943. The van der Waals surface area contributed by atoms with E-state index < -0.39 is 0 Å². The first-order chi connectivity index (χ1) is 8.15. The average Bonchev–Trinajstić information content (AvgIpc) is 2.30. The summed E-state index contributed by atoms with van der Waals surface area (Å²) >= 11 is 3.48. The molecule has 2 rings (SSSR count). The molecule has 1 heterocycles. The van der Waals surface area contributed by atoms with Gasteiger partial charge in [-0.1, -0.05) is 35.8 Å². The Morgan fingerprint density at radius 1 is 1.41 bits per heavy atom. The summed E-state index contributed by atoms with van der Waals surface area (Å²) in [5.41, 5.74) is 7.37. The van der Waals surface area contributed by atoms with E-state index in [-0.39, 0.29) is 12.1 Å². The molecule has 1 aromatic carbocycles. The fourth-order valence-electron chi connectivity index (χ4n) is 2.61. The van der Waals surface area contributed by atoms with Crippen LogP contribution in [0.15, 0.2) is 22.7 Å². The number of hydrogen-bond donors (Lipinski definition) is 1. The Kier molecular flexibility index (Phi) is 4.10. The molecule has 0 saturated carbocycles. The predicted molar refractivity (Wildman–Crippen MR) is 74.2 cm³/mol. The molecule has 1 aromatic rings. The molecule has 0 fully saturated rings. The van der Waals surface area contributed by atoms with Crippen molar-refractivity contribution in [2.24, 2.45) is 11.7 Å². The highest BCUT2D eigenvalue weighted by molar-refractivity contribution is 9.10. The van der Waals surface area contributed by atoms with Crippen molar-refractivity contribution in [3.63, 3.8) is 0 Å². The Morgan fingerprint density at radius 3 is 2.76 bits per heavy atom. The number of halogens is 1. The molecule has 0 aromatic heterocycles. The molecule has 17 heavy (non-hydrogen) atoms. The van der Waals surface area contributed by atoms with Gasteiger partial charge < -0.3 is 10.5 Å². The molecule has 2 N–H and O–H groups in total. The Balaban J connectivity index is 2.25. The molecular weight excluding hydrogens is 278 g/mol.